The highest BCUT2D eigenvalue weighted by Gasteiger charge is 2.39. The minimum Gasteiger partial charge on any atom is -0.478 e. The molecule has 0 bridgehead atoms. The van der Waals surface area contributed by atoms with E-state index in [1.165, 1.54) is 6.07 Å². The van der Waals surface area contributed by atoms with E-state index in [1.807, 2.05) is 24.3 Å². The van der Waals surface area contributed by atoms with Crippen LogP contribution < -0.4 is 5.32 Å². The third kappa shape index (κ3) is 4.12. The van der Waals surface area contributed by atoms with Crippen LogP contribution in [0.25, 0.3) is 0 Å². The van der Waals surface area contributed by atoms with Crippen LogP contribution in [0.1, 0.15) is 44.6 Å². The molecule has 2 atom stereocenters. The van der Waals surface area contributed by atoms with E-state index >= 15 is 0 Å². The van der Waals surface area contributed by atoms with Gasteiger partial charge in [-0.1, -0.05) is 66.7 Å². The number of rotatable bonds is 4. The molecule has 3 aromatic carbocycles. The van der Waals surface area contributed by atoms with Crippen LogP contribution >= 0.6 is 0 Å². The Hall–Kier alpha value is -3.94. The maximum Gasteiger partial charge on any atom is 0.417 e. The van der Waals surface area contributed by atoms with Gasteiger partial charge < -0.3 is 10.4 Å². The number of carbonyl (C=O) groups is 2. The number of carboxylic acids is 1. The molecule has 4 rings (SSSR count). The molecular weight excluding hydrogens is 421 g/mol. The third-order valence-electron chi connectivity index (χ3n) is 5.30. The minimum atomic E-state index is -4.87. The van der Waals surface area contributed by atoms with Gasteiger partial charge in [-0.2, -0.15) is 18.2 Å². The lowest BCUT2D eigenvalue weighted by molar-refractivity contribution is -0.138. The third-order valence-corrected chi connectivity index (χ3v) is 5.30. The highest BCUT2D eigenvalue weighted by Crippen LogP contribution is 2.40. The summed E-state index contributed by atoms with van der Waals surface area (Å²) in [5, 5.41) is 11.9. The van der Waals surface area contributed by atoms with Gasteiger partial charge in [0.1, 0.15) is 0 Å². The zero-order valence-electron chi connectivity index (χ0n) is 16.5. The van der Waals surface area contributed by atoms with E-state index in [4.69, 9.17) is 0 Å². The van der Waals surface area contributed by atoms with E-state index in [9.17, 15) is 27.9 Å². The molecule has 1 heterocycles. The smallest absolute Gasteiger partial charge is 0.417 e. The SMILES string of the molecule is O=C1N=C(c2ccccc2)C(c2ccccc2)C(c2ccc(C(=O)O)c(C(F)(F)F)c2)N1. The summed E-state index contributed by atoms with van der Waals surface area (Å²) >= 11 is 0. The maximum absolute atomic E-state index is 13.6. The Morgan fingerprint density at radius 3 is 2.12 bits per heavy atom. The Labute approximate surface area is 181 Å². The molecule has 2 N–H and O–H groups in total. The number of halogens is 3. The van der Waals surface area contributed by atoms with Gasteiger partial charge in [0.2, 0.25) is 0 Å². The normalized spacial score (nSPS) is 18.6. The second-order valence-electron chi connectivity index (χ2n) is 7.29. The number of hydrogen-bond acceptors (Lipinski definition) is 2. The Morgan fingerprint density at radius 1 is 0.906 bits per heavy atom. The average Bonchev–Trinajstić information content (AvgIpc) is 2.78. The first-order valence-corrected chi connectivity index (χ1v) is 9.69. The number of urea groups is 1. The van der Waals surface area contributed by atoms with Crippen molar-refractivity contribution in [3.8, 4) is 0 Å². The standard InChI is InChI=1S/C24H17F3N2O3/c25-24(26,27)18-13-16(11-12-17(18)22(30)31)21-19(14-7-3-1-4-8-14)20(28-23(32)29-21)15-9-5-2-6-10-15/h1-13,19,21H,(H,29,32)(H,30,31). The van der Waals surface area contributed by atoms with Gasteiger partial charge in [0, 0.05) is 0 Å². The van der Waals surface area contributed by atoms with Gasteiger partial charge in [0.05, 0.1) is 28.8 Å². The second-order valence-corrected chi connectivity index (χ2v) is 7.29. The largest absolute Gasteiger partial charge is 0.478 e. The van der Waals surface area contributed by atoms with Gasteiger partial charge in [-0.3, -0.25) is 0 Å². The van der Waals surface area contributed by atoms with E-state index in [-0.39, 0.29) is 5.56 Å². The molecule has 0 aromatic heterocycles. The van der Waals surface area contributed by atoms with Crippen LogP contribution in [-0.2, 0) is 6.18 Å². The Kier molecular flexibility index (Phi) is 5.52. The number of carboxylic acid groups (broad SMARTS) is 1. The first-order chi connectivity index (χ1) is 15.3. The Morgan fingerprint density at radius 2 is 1.53 bits per heavy atom. The number of aromatic carboxylic acids is 1. The predicted octanol–water partition coefficient (Wildman–Crippen LogP) is 5.44. The van der Waals surface area contributed by atoms with Crippen LogP contribution in [0, 0.1) is 0 Å². The highest BCUT2D eigenvalue weighted by molar-refractivity contribution is 6.12. The molecule has 0 saturated heterocycles. The fraction of sp³-hybridized carbons (Fsp3) is 0.125. The minimum absolute atomic E-state index is 0.132. The van der Waals surface area contributed by atoms with Crippen molar-refractivity contribution < 1.29 is 27.9 Å². The summed E-state index contributed by atoms with van der Waals surface area (Å²) in [6.07, 6.45) is -4.87. The number of nitrogens with one attached hydrogen (secondary N) is 1. The lowest BCUT2D eigenvalue weighted by Crippen LogP contribution is -2.40. The molecule has 0 fully saturated rings. The summed E-state index contributed by atoms with van der Waals surface area (Å²) in [6.45, 7) is 0. The van der Waals surface area contributed by atoms with Crippen LogP contribution in [-0.4, -0.2) is 22.8 Å². The van der Waals surface area contributed by atoms with Crippen LogP contribution in [0.15, 0.2) is 83.9 Å². The molecule has 1 aliphatic heterocycles. The lowest BCUT2D eigenvalue weighted by atomic mass is 9.79. The fourth-order valence-corrected chi connectivity index (χ4v) is 3.90. The van der Waals surface area contributed by atoms with Gasteiger partial charge in [0.15, 0.2) is 0 Å². The number of alkyl halides is 3. The molecule has 0 spiro atoms. The van der Waals surface area contributed by atoms with Crippen LogP contribution in [0.3, 0.4) is 0 Å². The van der Waals surface area contributed by atoms with Crippen molar-refractivity contribution in [3.63, 3.8) is 0 Å². The van der Waals surface area contributed by atoms with E-state index < -0.39 is 41.3 Å². The summed E-state index contributed by atoms with van der Waals surface area (Å²) in [5.74, 6) is -2.27. The van der Waals surface area contributed by atoms with Crippen molar-refractivity contribution in [1.29, 1.82) is 0 Å². The van der Waals surface area contributed by atoms with Gasteiger partial charge in [-0.15, -0.1) is 0 Å². The van der Waals surface area contributed by atoms with E-state index in [0.717, 1.165) is 17.7 Å². The zero-order chi connectivity index (χ0) is 22.9. The van der Waals surface area contributed by atoms with E-state index in [1.54, 1.807) is 36.4 Å². The molecule has 2 unspecified atom stereocenters. The maximum atomic E-state index is 13.6. The van der Waals surface area contributed by atoms with Crippen LogP contribution in [0.2, 0.25) is 0 Å². The Balaban J connectivity index is 1.90. The summed E-state index contributed by atoms with van der Waals surface area (Å²) in [7, 11) is 0. The number of carbonyl (C=O) groups excluding carboxylic acids is 1. The second kappa shape index (κ2) is 8.30. The predicted molar refractivity (Wildman–Crippen MR) is 112 cm³/mol. The molecule has 2 amide bonds. The first-order valence-electron chi connectivity index (χ1n) is 9.69. The molecule has 0 radical (unpaired) electrons. The molecule has 1 aliphatic rings. The van der Waals surface area contributed by atoms with Crippen molar-refractivity contribution in [3.05, 3.63) is 107 Å². The van der Waals surface area contributed by atoms with Gasteiger partial charge in [-0.25, -0.2) is 9.59 Å². The number of aliphatic imine (C=N–C) groups is 1. The van der Waals surface area contributed by atoms with Crippen molar-refractivity contribution in [2.45, 2.75) is 18.1 Å². The number of benzene rings is 3. The average molecular weight is 438 g/mol. The monoisotopic (exact) mass is 438 g/mol. The molecule has 8 heteroatoms. The fourth-order valence-electron chi connectivity index (χ4n) is 3.90. The molecule has 162 valence electrons. The Bertz CT molecular complexity index is 1190. The molecule has 0 saturated carbocycles. The lowest BCUT2D eigenvalue weighted by Gasteiger charge is -2.33. The summed E-state index contributed by atoms with van der Waals surface area (Å²) in [4.78, 5) is 27.9. The van der Waals surface area contributed by atoms with E-state index in [2.05, 4.69) is 10.3 Å². The molecule has 5 nitrogen and oxygen atoms in total. The van der Waals surface area contributed by atoms with Crippen LogP contribution in [0.4, 0.5) is 18.0 Å². The number of hydrogen-bond donors (Lipinski definition) is 2. The topological polar surface area (TPSA) is 78.8 Å². The summed E-state index contributed by atoms with van der Waals surface area (Å²) < 4.78 is 40.9. The zero-order valence-corrected chi connectivity index (χ0v) is 16.5. The molecule has 32 heavy (non-hydrogen) atoms. The summed E-state index contributed by atoms with van der Waals surface area (Å²) in [5.41, 5.74) is -0.159. The van der Waals surface area contributed by atoms with E-state index in [0.29, 0.717) is 11.3 Å². The van der Waals surface area contributed by atoms with Gasteiger partial charge in [0.25, 0.3) is 0 Å². The molecular formula is C24H17F3N2O3. The van der Waals surface area contributed by atoms with Gasteiger partial charge >= 0.3 is 18.2 Å². The van der Waals surface area contributed by atoms with Crippen LogP contribution in [0.5, 0.6) is 0 Å². The van der Waals surface area contributed by atoms with Crippen molar-refractivity contribution in [1.82, 2.24) is 5.32 Å². The quantitative estimate of drug-likeness (QED) is 0.569. The number of amides is 2. The molecule has 0 aliphatic carbocycles. The van der Waals surface area contributed by atoms with Crippen molar-refractivity contribution >= 4 is 17.7 Å². The highest BCUT2D eigenvalue weighted by atomic mass is 19.4. The number of nitrogens with zero attached hydrogens (tertiary/aromatic N) is 1. The van der Waals surface area contributed by atoms with Crippen molar-refractivity contribution in [2.24, 2.45) is 4.99 Å². The van der Waals surface area contributed by atoms with Crippen molar-refractivity contribution in [2.75, 3.05) is 0 Å². The molecule has 3 aromatic rings. The summed E-state index contributed by atoms with van der Waals surface area (Å²) in [6, 6.07) is 19.4. The van der Waals surface area contributed by atoms with Gasteiger partial charge in [-0.05, 0) is 28.8 Å². The first kappa shape index (κ1) is 21.3.